The predicted octanol–water partition coefficient (Wildman–Crippen LogP) is 1.71. The van der Waals surface area contributed by atoms with Crippen LogP contribution in [0.1, 0.15) is 12.8 Å². The van der Waals surface area contributed by atoms with Crippen molar-refractivity contribution in [1.29, 1.82) is 0 Å². The van der Waals surface area contributed by atoms with Crippen molar-refractivity contribution >= 4 is 11.9 Å². The molecular weight excluding hydrogens is 297 g/mol. The molecule has 0 unspecified atom stereocenters. The number of amides is 1. The summed E-state index contributed by atoms with van der Waals surface area (Å²) in [4.78, 5) is 23.9. The number of rotatable bonds is 3. The standard InChI is InChI=1S/C14H17F3N4O/c15-14(16,17)3-2-12(22)20-6-10-8-21(9-11(10)7-20)13-18-4-1-5-19-13/h1,4-5,10-11H,2-3,6-9H2/t10-,11+. The fraction of sp³-hybridized carbons (Fsp3) is 0.643. The monoisotopic (exact) mass is 314 g/mol. The fourth-order valence-corrected chi connectivity index (χ4v) is 3.22. The summed E-state index contributed by atoms with van der Waals surface area (Å²) in [5.41, 5.74) is 0. The molecule has 8 heteroatoms. The molecule has 0 aliphatic carbocycles. The highest BCUT2D eigenvalue weighted by Gasteiger charge is 2.42. The zero-order chi connectivity index (χ0) is 15.7. The van der Waals surface area contributed by atoms with Gasteiger partial charge in [0.2, 0.25) is 11.9 Å². The van der Waals surface area contributed by atoms with E-state index >= 15 is 0 Å². The molecule has 0 radical (unpaired) electrons. The quantitative estimate of drug-likeness (QED) is 0.852. The molecule has 0 spiro atoms. The Hall–Kier alpha value is -1.86. The molecular formula is C14H17F3N4O. The van der Waals surface area contributed by atoms with Gasteiger partial charge in [0.1, 0.15) is 0 Å². The molecule has 2 fully saturated rings. The summed E-state index contributed by atoms with van der Waals surface area (Å²) in [6.07, 6.45) is -2.39. The van der Waals surface area contributed by atoms with Crippen LogP contribution in [0.4, 0.5) is 19.1 Å². The molecule has 3 heterocycles. The summed E-state index contributed by atoms with van der Waals surface area (Å²) < 4.78 is 36.5. The maximum atomic E-state index is 12.2. The van der Waals surface area contributed by atoms with Crippen LogP contribution in [0.2, 0.25) is 0 Å². The lowest BCUT2D eigenvalue weighted by atomic mass is 10.0. The lowest BCUT2D eigenvalue weighted by Gasteiger charge is -2.21. The third kappa shape index (κ3) is 3.31. The minimum Gasteiger partial charge on any atom is -0.342 e. The molecule has 1 aromatic heterocycles. The minimum absolute atomic E-state index is 0.290. The van der Waals surface area contributed by atoms with E-state index in [9.17, 15) is 18.0 Å². The normalized spacial score (nSPS) is 24.7. The number of halogens is 3. The van der Waals surface area contributed by atoms with Gasteiger partial charge < -0.3 is 9.80 Å². The van der Waals surface area contributed by atoms with Gasteiger partial charge in [-0.1, -0.05) is 0 Å². The number of hydrogen-bond acceptors (Lipinski definition) is 4. The SMILES string of the molecule is O=C(CCC(F)(F)F)N1C[C@@H]2CN(c3ncccn3)C[C@@H]2C1. The van der Waals surface area contributed by atoms with E-state index in [4.69, 9.17) is 0 Å². The van der Waals surface area contributed by atoms with Crippen LogP contribution in [0.5, 0.6) is 0 Å². The highest BCUT2D eigenvalue weighted by atomic mass is 19.4. The van der Waals surface area contributed by atoms with Crippen LogP contribution in [-0.4, -0.2) is 53.1 Å². The summed E-state index contributed by atoms with van der Waals surface area (Å²) in [5.74, 6) is 0.860. The Morgan fingerprint density at radius 2 is 1.73 bits per heavy atom. The van der Waals surface area contributed by atoms with Crippen molar-refractivity contribution in [3.8, 4) is 0 Å². The molecule has 0 N–H and O–H groups in total. The largest absolute Gasteiger partial charge is 0.389 e. The number of nitrogens with zero attached hydrogens (tertiary/aromatic N) is 4. The zero-order valence-electron chi connectivity index (χ0n) is 12.0. The average molecular weight is 314 g/mol. The van der Waals surface area contributed by atoms with Crippen molar-refractivity contribution < 1.29 is 18.0 Å². The van der Waals surface area contributed by atoms with Crippen molar-refractivity contribution in [2.45, 2.75) is 19.0 Å². The maximum absolute atomic E-state index is 12.2. The Balaban J connectivity index is 1.52. The van der Waals surface area contributed by atoms with Gasteiger partial charge in [-0.25, -0.2) is 9.97 Å². The van der Waals surface area contributed by atoms with E-state index in [0.717, 1.165) is 13.1 Å². The first-order chi connectivity index (χ1) is 10.4. The summed E-state index contributed by atoms with van der Waals surface area (Å²) in [7, 11) is 0. The van der Waals surface area contributed by atoms with E-state index < -0.39 is 24.9 Å². The second kappa shape index (κ2) is 5.73. The highest BCUT2D eigenvalue weighted by molar-refractivity contribution is 5.76. The Labute approximate surface area is 126 Å². The molecule has 2 saturated heterocycles. The molecule has 5 nitrogen and oxygen atoms in total. The van der Waals surface area contributed by atoms with Gasteiger partial charge in [-0.15, -0.1) is 0 Å². The molecule has 0 aromatic carbocycles. The van der Waals surface area contributed by atoms with E-state index in [0.29, 0.717) is 30.9 Å². The third-order valence-corrected chi connectivity index (χ3v) is 4.30. The lowest BCUT2D eigenvalue weighted by molar-refractivity contribution is -0.148. The summed E-state index contributed by atoms with van der Waals surface area (Å²) in [5, 5.41) is 0. The van der Waals surface area contributed by atoms with Crippen LogP contribution < -0.4 is 4.90 Å². The van der Waals surface area contributed by atoms with Gasteiger partial charge in [-0.2, -0.15) is 13.2 Å². The number of carbonyl (C=O) groups excluding carboxylic acids is 1. The summed E-state index contributed by atoms with van der Waals surface area (Å²) in [6, 6.07) is 1.75. The van der Waals surface area contributed by atoms with Gasteiger partial charge in [0, 0.05) is 56.8 Å². The van der Waals surface area contributed by atoms with Gasteiger partial charge in [0.25, 0.3) is 0 Å². The highest BCUT2D eigenvalue weighted by Crippen LogP contribution is 2.33. The number of fused-ring (bicyclic) bond motifs is 1. The van der Waals surface area contributed by atoms with Crippen LogP contribution in [0, 0.1) is 11.8 Å². The Bertz CT molecular complexity index is 523. The van der Waals surface area contributed by atoms with Gasteiger partial charge in [-0.05, 0) is 6.07 Å². The molecule has 3 rings (SSSR count). The number of aromatic nitrogens is 2. The van der Waals surface area contributed by atoms with Crippen LogP contribution in [0.15, 0.2) is 18.5 Å². The van der Waals surface area contributed by atoms with Crippen molar-refractivity contribution in [1.82, 2.24) is 14.9 Å². The first kappa shape index (κ1) is 15.1. The van der Waals surface area contributed by atoms with E-state index in [2.05, 4.69) is 14.9 Å². The molecule has 2 atom stereocenters. The van der Waals surface area contributed by atoms with Gasteiger partial charge in [0.15, 0.2) is 0 Å². The summed E-state index contributed by atoms with van der Waals surface area (Å²) >= 11 is 0. The smallest absolute Gasteiger partial charge is 0.342 e. The second-order valence-corrected chi connectivity index (χ2v) is 5.89. The van der Waals surface area contributed by atoms with Crippen LogP contribution in [0.25, 0.3) is 0 Å². The molecule has 0 saturated carbocycles. The van der Waals surface area contributed by atoms with E-state index in [-0.39, 0.29) is 0 Å². The van der Waals surface area contributed by atoms with Gasteiger partial charge in [-0.3, -0.25) is 4.79 Å². The van der Waals surface area contributed by atoms with Gasteiger partial charge in [0.05, 0.1) is 6.42 Å². The van der Waals surface area contributed by atoms with Gasteiger partial charge >= 0.3 is 6.18 Å². The Morgan fingerprint density at radius 3 is 2.27 bits per heavy atom. The Kier molecular flexibility index (Phi) is 3.92. The minimum atomic E-state index is -4.27. The average Bonchev–Trinajstić information content (AvgIpc) is 3.03. The number of carbonyl (C=O) groups is 1. The summed E-state index contributed by atoms with van der Waals surface area (Å²) in [6.45, 7) is 2.56. The van der Waals surface area contributed by atoms with Crippen molar-refractivity contribution in [2.24, 2.45) is 11.8 Å². The molecule has 1 amide bonds. The molecule has 1 aromatic rings. The third-order valence-electron chi connectivity index (χ3n) is 4.30. The number of anilines is 1. The second-order valence-electron chi connectivity index (χ2n) is 5.89. The van der Waals surface area contributed by atoms with E-state index in [1.807, 2.05) is 0 Å². The predicted molar refractivity (Wildman–Crippen MR) is 73.1 cm³/mol. The van der Waals surface area contributed by atoms with Crippen LogP contribution >= 0.6 is 0 Å². The topological polar surface area (TPSA) is 49.3 Å². The number of hydrogen-bond donors (Lipinski definition) is 0. The first-order valence-electron chi connectivity index (χ1n) is 7.29. The van der Waals surface area contributed by atoms with Crippen LogP contribution in [0.3, 0.4) is 0 Å². The number of likely N-dealkylation sites (tertiary alicyclic amines) is 1. The molecule has 2 aliphatic heterocycles. The fourth-order valence-electron chi connectivity index (χ4n) is 3.22. The molecule has 0 bridgehead atoms. The van der Waals surface area contributed by atoms with Crippen molar-refractivity contribution in [2.75, 3.05) is 31.1 Å². The molecule has 22 heavy (non-hydrogen) atoms. The van der Waals surface area contributed by atoms with Crippen molar-refractivity contribution in [3.63, 3.8) is 0 Å². The molecule has 2 aliphatic rings. The lowest BCUT2D eigenvalue weighted by Crippen LogP contribution is -2.34. The van der Waals surface area contributed by atoms with E-state index in [1.54, 1.807) is 23.4 Å². The number of alkyl halides is 3. The zero-order valence-corrected chi connectivity index (χ0v) is 12.0. The van der Waals surface area contributed by atoms with Crippen molar-refractivity contribution in [3.05, 3.63) is 18.5 Å². The molecule has 120 valence electrons. The first-order valence-corrected chi connectivity index (χ1v) is 7.29. The van der Waals surface area contributed by atoms with Crippen LogP contribution in [-0.2, 0) is 4.79 Å². The van der Waals surface area contributed by atoms with E-state index in [1.165, 1.54) is 0 Å². The Morgan fingerprint density at radius 1 is 1.14 bits per heavy atom. The maximum Gasteiger partial charge on any atom is 0.389 e.